The first-order valence-electron chi connectivity index (χ1n) is 5.29. The number of thiophene rings is 1. The first kappa shape index (κ1) is 11.8. The van der Waals surface area contributed by atoms with Crippen LogP contribution < -0.4 is 5.32 Å². The Balaban J connectivity index is 2.04. The zero-order valence-electron chi connectivity index (χ0n) is 9.15. The van der Waals surface area contributed by atoms with Gasteiger partial charge in [-0.25, -0.2) is 4.98 Å². The van der Waals surface area contributed by atoms with Gasteiger partial charge in [-0.1, -0.05) is 29.3 Å². The molecule has 0 unspecified atom stereocenters. The molecule has 0 radical (unpaired) electrons. The maximum Gasteiger partial charge on any atom is 0.139 e. The van der Waals surface area contributed by atoms with Crippen LogP contribution in [0.25, 0.3) is 10.1 Å². The molecule has 0 fully saturated rings. The first-order chi connectivity index (χ1) is 8.72. The molecular weight excluding hydrogens is 287 g/mol. The van der Waals surface area contributed by atoms with Crippen molar-refractivity contribution in [1.29, 1.82) is 0 Å². The molecule has 1 aromatic carbocycles. The standard InChI is InChI=1S/C13H8Cl2N2S/c14-8-2-1-3-9(6-8)17-13-10-7-12(15)18-11(10)4-5-16-13/h1-7H,(H,16,17). The van der Waals surface area contributed by atoms with E-state index in [1.165, 1.54) is 11.3 Å². The van der Waals surface area contributed by atoms with E-state index in [4.69, 9.17) is 23.2 Å². The number of benzene rings is 1. The lowest BCUT2D eigenvalue weighted by atomic mass is 10.3. The minimum absolute atomic E-state index is 0.690. The Morgan fingerprint density at radius 2 is 2.00 bits per heavy atom. The molecule has 5 heteroatoms. The Hall–Kier alpha value is -1.29. The number of anilines is 2. The normalized spacial score (nSPS) is 10.8. The molecule has 3 aromatic rings. The number of aromatic nitrogens is 1. The SMILES string of the molecule is Clc1cccc(Nc2nccc3sc(Cl)cc23)c1. The highest BCUT2D eigenvalue weighted by atomic mass is 35.5. The van der Waals surface area contributed by atoms with Crippen LogP contribution in [0.4, 0.5) is 11.5 Å². The minimum Gasteiger partial charge on any atom is -0.340 e. The lowest BCUT2D eigenvalue weighted by Gasteiger charge is -2.06. The number of nitrogens with one attached hydrogen (secondary N) is 1. The van der Waals surface area contributed by atoms with Gasteiger partial charge in [0.25, 0.3) is 0 Å². The molecule has 0 aliphatic rings. The van der Waals surface area contributed by atoms with Crippen molar-refractivity contribution >= 4 is 56.1 Å². The summed E-state index contributed by atoms with van der Waals surface area (Å²) < 4.78 is 1.87. The third-order valence-electron chi connectivity index (χ3n) is 2.50. The second kappa shape index (κ2) is 4.76. The number of fused-ring (bicyclic) bond motifs is 1. The number of pyridine rings is 1. The fourth-order valence-corrected chi connectivity index (χ4v) is 3.06. The number of hydrogen-bond donors (Lipinski definition) is 1. The fraction of sp³-hybridized carbons (Fsp3) is 0. The van der Waals surface area contributed by atoms with Crippen molar-refractivity contribution in [3.63, 3.8) is 0 Å². The Morgan fingerprint density at radius 1 is 1.11 bits per heavy atom. The van der Waals surface area contributed by atoms with Crippen molar-refractivity contribution in [2.45, 2.75) is 0 Å². The summed E-state index contributed by atoms with van der Waals surface area (Å²) in [5.74, 6) is 0.790. The van der Waals surface area contributed by atoms with Crippen molar-refractivity contribution in [1.82, 2.24) is 4.98 Å². The van der Waals surface area contributed by atoms with E-state index in [0.29, 0.717) is 5.02 Å². The van der Waals surface area contributed by atoms with Gasteiger partial charge in [-0.2, -0.15) is 0 Å². The maximum atomic E-state index is 6.03. The number of halogens is 2. The molecule has 90 valence electrons. The lowest BCUT2D eigenvalue weighted by molar-refractivity contribution is 1.34. The van der Waals surface area contributed by atoms with E-state index in [9.17, 15) is 0 Å². The van der Waals surface area contributed by atoms with Gasteiger partial charge in [-0.3, -0.25) is 0 Å². The van der Waals surface area contributed by atoms with E-state index < -0.39 is 0 Å². The predicted octanol–water partition coefficient (Wildman–Crippen LogP) is 5.35. The number of rotatable bonds is 2. The molecule has 18 heavy (non-hydrogen) atoms. The summed E-state index contributed by atoms with van der Waals surface area (Å²) in [5.41, 5.74) is 0.907. The van der Waals surface area contributed by atoms with Gasteiger partial charge >= 0.3 is 0 Å². The van der Waals surface area contributed by atoms with Gasteiger partial charge in [-0.15, -0.1) is 11.3 Å². The zero-order valence-corrected chi connectivity index (χ0v) is 11.5. The molecule has 0 saturated heterocycles. The van der Waals surface area contributed by atoms with Crippen LogP contribution in [0.3, 0.4) is 0 Å². The van der Waals surface area contributed by atoms with Crippen LogP contribution in [0.2, 0.25) is 9.36 Å². The summed E-state index contributed by atoms with van der Waals surface area (Å²) in [6, 6.07) is 11.4. The van der Waals surface area contributed by atoms with Crippen LogP contribution >= 0.6 is 34.5 Å². The van der Waals surface area contributed by atoms with E-state index in [2.05, 4.69) is 10.3 Å². The Labute approximate surface area is 118 Å². The molecule has 2 nitrogen and oxygen atoms in total. The molecule has 2 heterocycles. The fourth-order valence-electron chi connectivity index (χ4n) is 1.73. The molecule has 2 aromatic heterocycles. The first-order valence-corrected chi connectivity index (χ1v) is 6.86. The number of nitrogens with zero attached hydrogens (tertiary/aromatic N) is 1. The summed E-state index contributed by atoms with van der Waals surface area (Å²) in [4.78, 5) is 4.34. The van der Waals surface area contributed by atoms with Crippen molar-refractivity contribution < 1.29 is 0 Å². The highest BCUT2D eigenvalue weighted by Crippen LogP contribution is 2.34. The molecule has 3 rings (SSSR count). The van der Waals surface area contributed by atoms with E-state index in [0.717, 1.165) is 25.9 Å². The van der Waals surface area contributed by atoms with Crippen molar-refractivity contribution in [2.24, 2.45) is 0 Å². The average Bonchev–Trinajstić information content (AvgIpc) is 2.71. The molecule has 1 N–H and O–H groups in total. The van der Waals surface area contributed by atoms with E-state index in [1.54, 1.807) is 6.20 Å². The zero-order chi connectivity index (χ0) is 12.5. The quantitative estimate of drug-likeness (QED) is 0.689. The van der Waals surface area contributed by atoms with Gasteiger partial charge in [0, 0.05) is 27.0 Å². The molecule has 0 spiro atoms. The van der Waals surface area contributed by atoms with Crippen LogP contribution in [-0.4, -0.2) is 4.98 Å². The Bertz CT molecular complexity index is 709. The average molecular weight is 295 g/mol. The van der Waals surface area contributed by atoms with Gasteiger partial charge in [-0.05, 0) is 30.3 Å². The van der Waals surface area contributed by atoms with E-state index in [1.807, 2.05) is 36.4 Å². The van der Waals surface area contributed by atoms with Crippen molar-refractivity contribution in [2.75, 3.05) is 5.32 Å². The Kier molecular flexibility index (Phi) is 3.12. The summed E-state index contributed by atoms with van der Waals surface area (Å²) in [6.45, 7) is 0. The monoisotopic (exact) mass is 294 g/mol. The third kappa shape index (κ3) is 2.29. The summed E-state index contributed by atoms with van der Waals surface area (Å²) >= 11 is 13.5. The smallest absolute Gasteiger partial charge is 0.139 e. The van der Waals surface area contributed by atoms with Crippen molar-refractivity contribution in [3.8, 4) is 0 Å². The van der Waals surface area contributed by atoms with Gasteiger partial charge in [0.15, 0.2) is 0 Å². The highest BCUT2D eigenvalue weighted by molar-refractivity contribution is 7.22. The lowest BCUT2D eigenvalue weighted by Crippen LogP contribution is -1.93. The minimum atomic E-state index is 0.690. The van der Waals surface area contributed by atoms with Gasteiger partial charge < -0.3 is 5.32 Å². The summed E-state index contributed by atoms with van der Waals surface area (Å²) in [7, 11) is 0. The van der Waals surface area contributed by atoms with E-state index >= 15 is 0 Å². The van der Waals surface area contributed by atoms with Crippen LogP contribution in [0, 0.1) is 0 Å². The van der Waals surface area contributed by atoms with Gasteiger partial charge in [0.1, 0.15) is 5.82 Å². The molecule has 0 aliphatic carbocycles. The highest BCUT2D eigenvalue weighted by Gasteiger charge is 2.06. The third-order valence-corrected chi connectivity index (χ3v) is 3.97. The topological polar surface area (TPSA) is 24.9 Å². The number of hydrogen-bond acceptors (Lipinski definition) is 3. The second-order valence-electron chi connectivity index (χ2n) is 3.76. The van der Waals surface area contributed by atoms with Crippen LogP contribution in [0.5, 0.6) is 0 Å². The van der Waals surface area contributed by atoms with Gasteiger partial charge in [0.2, 0.25) is 0 Å². The summed E-state index contributed by atoms with van der Waals surface area (Å²) in [6.07, 6.45) is 1.77. The predicted molar refractivity (Wildman–Crippen MR) is 79.4 cm³/mol. The van der Waals surface area contributed by atoms with Crippen LogP contribution in [0.1, 0.15) is 0 Å². The summed E-state index contributed by atoms with van der Waals surface area (Å²) in [5, 5.41) is 4.96. The molecule has 0 bridgehead atoms. The maximum absolute atomic E-state index is 6.03. The molecule has 0 saturated carbocycles. The van der Waals surface area contributed by atoms with E-state index in [-0.39, 0.29) is 0 Å². The Morgan fingerprint density at radius 3 is 2.83 bits per heavy atom. The molecule has 0 atom stereocenters. The molecule has 0 aliphatic heterocycles. The molecular formula is C13H8Cl2N2S. The van der Waals surface area contributed by atoms with Gasteiger partial charge in [0.05, 0.1) is 4.34 Å². The van der Waals surface area contributed by atoms with Crippen molar-refractivity contribution in [3.05, 3.63) is 52.0 Å². The molecule has 0 amide bonds. The van der Waals surface area contributed by atoms with Crippen LogP contribution in [-0.2, 0) is 0 Å². The second-order valence-corrected chi connectivity index (χ2v) is 5.91. The largest absolute Gasteiger partial charge is 0.340 e. The van der Waals surface area contributed by atoms with Crippen LogP contribution in [0.15, 0.2) is 42.6 Å².